The van der Waals surface area contributed by atoms with Crippen LogP contribution in [0.2, 0.25) is 0 Å². The number of unbranched alkanes of at least 4 members (excludes halogenated alkanes) is 1. The second-order valence-electron chi connectivity index (χ2n) is 12.0. The minimum atomic E-state index is -1.05. The number of rotatable bonds is 20. The standard InChI is InChI=1S/C37H48N4O5/c1-27(2)26-33(36(44)39-30-18-10-5-11-19-30)41-35(43)31(23-21-28-14-6-3-7-15-28)40-32(37(45)46)20-12-13-25-38-34(42)24-22-29-16-8-4-9-17-29/h3-11,14-19,27,31-33,40H,12-13,20-26H2,1-2H3,(H,38,42)(H,39,44)(H,41,43)(H,45,46)/t31-,32+,33-/m0/s1. The number of carbonyl (C=O) groups is 4. The smallest absolute Gasteiger partial charge is 0.320 e. The minimum Gasteiger partial charge on any atom is -0.480 e. The van der Waals surface area contributed by atoms with Gasteiger partial charge in [0.15, 0.2) is 0 Å². The Morgan fingerprint density at radius 1 is 0.674 bits per heavy atom. The second kappa shape index (κ2) is 19.8. The van der Waals surface area contributed by atoms with Gasteiger partial charge in [-0.15, -0.1) is 0 Å². The second-order valence-corrected chi connectivity index (χ2v) is 12.0. The molecule has 0 fully saturated rings. The lowest BCUT2D eigenvalue weighted by atomic mass is 10.00. The van der Waals surface area contributed by atoms with Crippen molar-refractivity contribution in [2.45, 2.75) is 83.3 Å². The van der Waals surface area contributed by atoms with Crippen molar-refractivity contribution < 1.29 is 24.3 Å². The molecule has 3 aromatic carbocycles. The molecular weight excluding hydrogens is 580 g/mol. The highest BCUT2D eigenvalue weighted by molar-refractivity contribution is 5.98. The van der Waals surface area contributed by atoms with Gasteiger partial charge in [-0.05, 0) is 74.1 Å². The molecule has 3 amide bonds. The van der Waals surface area contributed by atoms with Crippen LogP contribution in [0.4, 0.5) is 5.69 Å². The van der Waals surface area contributed by atoms with Crippen molar-refractivity contribution >= 4 is 29.4 Å². The van der Waals surface area contributed by atoms with Gasteiger partial charge in [0.2, 0.25) is 17.7 Å². The third kappa shape index (κ3) is 13.6. The zero-order valence-electron chi connectivity index (χ0n) is 26.9. The molecule has 0 aliphatic heterocycles. The van der Waals surface area contributed by atoms with Gasteiger partial charge in [-0.3, -0.25) is 24.5 Å². The lowest BCUT2D eigenvalue weighted by Gasteiger charge is -2.26. The lowest BCUT2D eigenvalue weighted by molar-refractivity contribution is -0.140. The van der Waals surface area contributed by atoms with Crippen LogP contribution in [0.25, 0.3) is 0 Å². The Morgan fingerprint density at radius 2 is 1.26 bits per heavy atom. The van der Waals surface area contributed by atoms with Crippen molar-refractivity contribution in [2.24, 2.45) is 5.92 Å². The van der Waals surface area contributed by atoms with Gasteiger partial charge in [0.1, 0.15) is 12.1 Å². The third-order valence-corrected chi connectivity index (χ3v) is 7.69. The molecule has 0 saturated heterocycles. The molecule has 0 aliphatic rings. The van der Waals surface area contributed by atoms with Gasteiger partial charge < -0.3 is 21.1 Å². The third-order valence-electron chi connectivity index (χ3n) is 7.69. The summed E-state index contributed by atoms with van der Waals surface area (Å²) in [6.45, 7) is 4.41. The molecule has 0 aromatic heterocycles. The Morgan fingerprint density at radius 3 is 1.85 bits per heavy atom. The van der Waals surface area contributed by atoms with E-state index in [-0.39, 0.29) is 24.2 Å². The largest absolute Gasteiger partial charge is 0.480 e. The molecular formula is C37H48N4O5. The number of aryl methyl sites for hydroxylation is 2. The summed E-state index contributed by atoms with van der Waals surface area (Å²) in [6, 6.07) is 26.0. The normalized spacial score (nSPS) is 12.9. The highest BCUT2D eigenvalue weighted by atomic mass is 16.4. The summed E-state index contributed by atoms with van der Waals surface area (Å²) in [5.74, 6) is -1.70. The number of hydrogen-bond acceptors (Lipinski definition) is 5. The van der Waals surface area contributed by atoms with Crippen LogP contribution in [0.1, 0.15) is 63.5 Å². The van der Waals surface area contributed by atoms with E-state index in [4.69, 9.17) is 0 Å². The maximum absolute atomic E-state index is 13.7. The summed E-state index contributed by atoms with van der Waals surface area (Å²) in [6.07, 6.45) is 3.83. The van der Waals surface area contributed by atoms with E-state index in [1.165, 1.54) is 0 Å². The van der Waals surface area contributed by atoms with E-state index in [0.717, 1.165) is 11.1 Å². The Labute approximate surface area is 272 Å². The number of carbonyl (C=O) groups excluding carboxylic acids is 3. The molecule has 3 atom stereocenters. The van der Waals surface area contributed by atoms with Gasteiger partial charge in [0, 0.05) is 18.7 Å². The summed E-state index contributed by atoms with van der Waals surface area (Å²) in [5.41, 5.74) is 2.76. The van der Waals surface area contributed by atoms with Gasteiger partial charge in [-0.1, -0.05) is 92.7 Å². The molecule has 0 saturated carbocycles. The average molecular weight is 629 g/mol. The van der Waals surface area contributed by atoms with Crippen LogP contribution >= 0.6 is 0 Å². The molecule has 0 unspecified atom stereocenters. The zero-order chi connectivity index (χ0) is 33.1. The molecule has 0 aliphatic carbocycles. The number of anilines is 1. The number of nitrogens with one attached hydrogen (secondary N) is 4. The number of para-hydroxylation sites is 1. The molecule has 246 valence electrons. The Kier molecular flexibility index (Phi) is 15.5. The van der Waals surface area contributed by atoms with Crippen LogP contribution in [0.15, 0.2) is 91.0 Å². The van der Waals surface area contributed by atoms with E-state index in [9.17, 15) is 24.3 Å². The number of amides is 3. The maximum Gasteiger partial charge on any atom is 0.320 e. The first-order valence-electron chi connectivity index (χ1n) is 16.2. The number of benzene rings is 3. The van der Waals surface area contributed by atoms with E-state index in [1.807, 2.05) is 92.7 Å². The van der Waals surface area contributed by atoms with Crippen molar-refractivity contribution in [1.82, 2.24) is 16.0 Å². The Bertz CT molecular complexity index is 1350. The molecule has 46 heavy (non-hydrogen) atoms. The quantitative estimate of drug-likeness (QED) is 0.110. The number of carboxylic acids is 1. The van der Waals surface area contributed by atoms with Crippen molar-refractivity contribution in [2.75, 3.05) is 11.9 Å². The molecule has 3 aromatic rings. The van der Waals surface area contributed by atoms with Crippen LogP contribution in [-0.4, -0.2) is 53.5 Å². The fourth-order valence-electron chi connectivity index (χ4n) is 5.19. The summed E-state index contributed by atoms with van der Waals surface area (Å²) < 4.78 is 0. The van der Waals surface area contributed by atoms with E-state index in [1.54, 1.807) is 12.1 Å². The topological polar surface area (TPSA) is 137 Å². The van der Waals surface area contributed by atoms with Crippen molar-refractivity contribution in [3.05, 3.63) is 102 Å². The number of hydrogen-bond donors (Lipinski definition) is 5. The maximum atomic E-state index is 13.7. The molecule has 0 spiro atoms. The zero-order valence-corrected chi connectivity index (χ0v) is 26.9. The molecule has 9 nitrogen and oxygen atoms in total. The number of carboxylic acid groups (broad SMARTS) is 1. The predicted octanol–water partition coefficient (Wildman–Crippen LogP) is 5.12. The fourth-order valence-corrected chi connectivity index (χ4v) is 5.19. The van der Waals surface area contributed by atoms with Gasteiger partial charge in [0.05, 0.1) is 6.04 Å². The van der Waals surface area contributed by atoms with Crippen molar-refractivity contribution in [3.8, 4) is 0 Å². The van der Waals surface area contributed by atoms with Gasteiger partial charge in [-0.25, -0.2) is 0 Å². The van der Waals surface area contributed by atoms with E-state index in [0.29, 0.717) is 57.2 Å². The van der Waals surface area contributed by atoms with Crippen molar-refractivity contribution in [3.63, 3.8) is 0 Å². The summed E-state index contributed by atoms with van der Waals surface area (Å²) in [7, 11) is 0. The van der Waals surface area contributed by atoms with Crippen molar-refractivity contribution in [1.29, 1.82) is 0 Å². The Balaban J connectivity index is 1.59. The minimum absolute atomic E-state index is 0.0401. The SMILES string of the molecule is CC(C)C[C@H](NC(=O)[C@H](CCc1ccccc1)N[C@H](CCCCNC(=O)CCc1ccccc1)C(=O)O)C(=O)Nc1ccccc1. The predicted molar refractivity (Wildman–Crippen MR) is 181 cm³/mol. The summed E-state index contributed by atoms with van der Waals surface area (Å²) in [4.78, 5) is 51.4. The van der Waals surface area contributed by atoms with E-state index >= 15 is 0 Å². The first-order valence-corrected chi connectivity index (χ1v) is 16.2. The van der Waals surface area contributed by atoms with Gasteiger partial charge >= 0.3 is 5.97 Å². The molecule has 3 rings (SSSR count). The summed E-state index contributed by atoms with van der Waals surface area (Å²) in [5, 5.41) is 21.8. The molecule has 0 radical (unpaired) electrons. The van der Waals surface area contributed by atoms with Crippen LogP contribution in [0.3, 0.4) is 0 Å². The molecule has 9 heteroatoms. The van der Waals surface area contributed by atoms with Crippen LogP contribution in [0, 0.1) is 5.92 Å². The number of aliphatic carboxylic acids is 1. The fraction of sp³-hybridized carbons (Fsp3) is 0.405. The van der Waals surface area contributed by atoms with E-state index in [2.05, 4.69) is 21.3 Å². The average Bonchev–Trinajstić information content (AvgIpc) is 3.05. The first-order chi connectivity index (χ1) is 22.2. The lowest BCUT2D eigenvalue weighted by Crippen LogP contribution is -2.55. The van der Waals surface area contributed by atoms with Gasteiger partial charge in [-0.2, -0.15) is 0 Å². The van der Waals surface area contributed by atoms with Gasteiger partial charge in [0.25, 0.3) is 0 Å². The Hall–Kier alpha value is -4.50. The van der Waals surface area contributed by atoms with Crippen LogP contribution in [0.5, 0.6) is 0 Å². The molecule has 5 N–H and O–H groups in total. The molecule has 0 bridgehead atoms. The first kappa shape index (κ1) is 36.0. The monoisotopic (exact) mass is 628 g/mol. The highest BCUT2D eigenvalue weighted by Gasteiger charge is 2.29. The molecule has 0 heterocycles. The highest BCUT2D eigenvalue weighted by Crippen LogP contribution is 2.13. The van der Waals surface area contributed by atoms with E-state index < -0.39 is 30.0 Å². The van der Waals surface area contributed by atoms with Crippen LogP contribution in [-0.2, 0) is 32.0 Å². The summed E-state index contributed by atoms with van der Waals surface area (Å²) >= 11 is 0. The van der Waals surface area contributed by atoms with Crippen LogP contribution < -0.4 is 21.3 Å².